The summed E-state index contributed by atoms with van der Waals surface area (Å²) in [4.78, 5) is 12.3. The molecule has 5 nitrogen and oxygen atoms in total. The molecule has 0 bridgehead atoms. The van der Waals surface area contributed by atoms with Crippen molar-refractivity contribution in [3.63, 3.8) is 0 Å². The van der Waals surface area contributed by atoms with Gasteiger partial charge in [0.1, 0.15) is 0 Å². The highest BCUT2D eigenvalue weighted by Gasteiger charge is 2.22. The molecule has 0 heterocycles. The fraction of sp³-hybridized carbons (Fsp3) is 0.833. The molecule has 1 saturated carbocycles. The highest BCUT2D eigenvalue weighted by Crippen LogP contribution is 2.21. The number of nitrogens with one attached hydrogen (secondary N) is 1. The standard InChI is InChI=1S/C18H32N2O3S/c1-24(22,23)20(14-13-16-9-5-4-6-10-16)15-18(21)19-17-11-7-2-3-8-12-17/h9,17H,2-8,10-15H2,1H3,(H,19,21). The molecular formula is C18H32N2O3S. The molecule has 2 rings (SSSR count). The Morgan fingerprint density at radius 1 is 1.17 bits per heavy atom. The quantitative estimate of drug-likeness (QED) is 0.563. The van der Waals surface area contributed by atoms with Gasteiger partial charge in [0.05, 0.1) is 12.8 Å². The summed E-state index contributed by atoms with van der Waals surface area (Å²) in [5.74, 6) is -0.162. The zero-order valence-corrected chi connectivity index (χ0v) is 15.7. The van der Waals surface area contributed by atoms with Gasteiger partial charge >= 0.3 is 0 Å². The van der Waals surface area contributed by atoms with Crippen LogP contribution in [0.3, 0.4) is 0 Å². The van der Waals surface area contributed by atoms with Crippen LogP contribution in [-0.2, 0) is 14.8 Å². The van der Waals surface area contributed by atoms with E-state index in [9.17, 15) is 13.2 Å². The van der Waals surface area contributed by atoms with Crippen LogP contribution in [0.4, 0.5) is 0 Å². The second kappa shape index (κ2) is 9.56. The van der Waals surface area contributed by atoms with E-state index in [1.165, 1.54) is 41.8 Å². The molecule has 1 N–H and O–H groups in total. The van der Waals surface area contributed by atoms with Crippen molar-refractivity contribution in [2.45, 2.75) is 76.7 Å². The van der Waals surface area contributed by atoms with E-state index < -0.39 is 10.0 Å². The van der Waals surface area contributed by atoms with Crippen LogP contribution in [0.5, 0.6) is 0 Å². The van der Waals surface area contributed by atoms with Crippen molar-refractivity contribution in [1.82, 2.24) is 9.62 Å². The second-order valence-corrected chi connectivity index (χ2v) is 9.19. The number of sulfonamides is 1. The van der Waals surface area contributed by atoms with Crippen LogP contribution in [0.15, 0.2) is 11.6 Å². The van der Waals surface area contributed by atoms with Gasteiger partial charge in [-0.3, -0.25) is 4.79 Å². The molecular weight excluding hydrogens is 324 g/mol. The number of hydrogen-bond donors (Lipinski definition) is 1. The average Bonchev–Trinajstić information content (AvgIpc) is 2.80. The maximum absolute atomic E-state index is 12.3. The first-order chi connectivity index (χ1) is 11.4. The first kappa shape index (κ1) is 19.4. The van der Waals surface area contributed by atoms with E-state index >= 15 is 0 Å². The van der Waals surface area contributed by atoms with Crippen molar-refractivity contribution in [2.24, 2.45) is 0 Å². The molecule has 0 atom stereocenters. The molecule has 1 amide bonds. The molecule has 2 aliphatic carbocycles. The lowest BCUT2D eigenvalue weighted by Crippen LogP contribution is -2.44. The Morgan fingerprint density at radius 2 is 1.88 bits per heavy atom. The number of rotatable bonds is 7. The predicted octanol–water partition coefficient (Wildman–Crippen LogP) is 2.98. The summed E-state index contributed by atoms with van der Waals surface area (Å²) in [6.07, 6.45) is 15.5. The molecule has 0 unspecified atom stereocenters. The molecule has 0 aromatic heterocycles. The zero-order valence-electron chi connectivity index (χ0n) is 14.9. The Bertz CT molecular complexity index is 534. The van der Waals surface area contributed by atoms with E-state index in [1.807, 2.05) is 0 Å². The minimum atomic E-state index is -3.36. The van der Waals surface area contributed by atoms with Crippen LogP contribution < -0.4 is 5.32 Å². The van der Waals surface area contributed by atoms with Gasteiger partial charge in [0, 0.05) is 12.6 Å². The average molecular weight is 357 g/mol. The van der Waals surface area contributed by atoms with E-state index in [4.69, 9.17) is 0 Å². The number of allylic oxidation sites excluding steroid dienone is 1. The molecule has 0 saturated heterocycles. The van der Waals surface area contributed by atoms with E-state index in [1.54, 1.807) is 0 Å². The monoisotopic (exact) mass is 356 g/mol. The van der Waals surface area contributed by atoms with Gasteiger partial charge < -0.3 is 5.32 Å². The first-order valence-electron chi connectivity index (χ1n) is 9.37. The molecule has 24 heavy (non-hydrogen) atoms. The minimum Gasteiger partial charge on any atom is -0.352 e. The molecule has 1 fully saturated rings. The smallest absolute Gasteiger partial charge is 0.235 e. The summed E-state index contributed by atoms with van der Waals surface area (Å²) in [7, 11) is -3.36. The number of amides is 1. The summed E-state index contributed by atoms with van der Waals surface area (Å²) in [5, 5.41) is 3.04. The van der Waals surface area contributed by atoms with Crippen LogP contribution in [0, 0.1) is 0 Å². The van der Waals surface area contributed by atoms with E-state index in [-0.39, 0.29) is 18.5 Å². The molecule has 0 radical (unpaired) electrons. The van der Waals surface area contributed by atoms with E-state index in [2.05, 4.69) is 11.4 Å². The Balaban J connectivity index is 1.85. The lowest BCUT2D eigenvalue weighted by molar-refractivity contribution is -0.122. The maximum Gasteiger partial charge on any atom is 0.235 e. The third kappa shape index (κ3) is 6.93. The lowest BCUT2D eigenvalue weighted by atomic mass is 9.97. The first-order valence-corrected chi connectivity index (χ1v) is 11.2. The van der Waals surface area contributed by atoms with Crippen molar-refractivity contribution in [3.8, 4) is 0 Å². The fourth-order valence-corrected chi connectivity index (χ4v) is 4.39. The summed E-state index contributed by atoms with van der Waals surface area (Å²) in [6, 6.07) is 0.211. The van der Waals surface area contributed by atoms with E-state index in [0.29, 0.717) is 6.54 Å². The largest absolute Gasteiger partial charge is 0.352 e. The van der Waals surface area contributed by atoms with Crippen molar-refractivity contribution in [3.05, 3.63) is 11.6 Å². The van der Waals surface area contributed by atoms with Gasteiger partial charge in [-0.15, -0.1) is 0 Å². The van der Waals surface area contributed by atoms with Gasteiger partial charge in [-0.25, -0.2) is 8.42 Å². The zero-order chi connectivity index (χ0) is 17.4. The summed E-state index contributed by atoms with van der Waals surface area (Å²) in [5.41, 5.74) is 1.33. The Labute approximate surface area is 146 Å². The Hall–Kier alpha value is -0.880. The highest BCUT2D eigenvalue weighted by molar-refractivity contribution is 7.88. The molecule has 0 aromatic carbocycles. The van der Waals surface area contributed by atoms with Gasteiger partial charge in [0.25, 0.3) is 0 Å². The third-order valence-electron chi connectivity index (χ3n) is 5.08. The van der Waals surface area contributed by atoms with Gasteiger partial charge in [-0.2, -0.15) is 4.31 Å². The molecule has 0 aromatic rings. The number of carbonyl (C=O) groups is 1. The number of nitrogens with zero attached hydrogens (tertiary/aromatic N) is 1. The van der Waals surface area contributed by atoms with Gasteiger partial charge in [-0.05, 0) is 44.9 Å². The lowest BCUT2D eigenvalue weighted by Gasteiger charge is -2.23. The maximum atomic E-state index is 12.3. The summed E-state index contributed by atoms with van der Waals surface area (Å²) in [6.45, 7) is 0.353. The topological polar surface area (TPSA) is 66.5 Å². The predicted molar refractivity (Wildman–Crippen MR) is 97.2 cm³/mol. The third-order valence-corrected chi connectivity index (χ3v) is 6.33. The second-order valence-electron chi connectivity index (χ2n) is 7.21. The molecule has 2 aliphatic rings. The molecule has 6 heteroatoms. The Morgan fingerprint density at radius 3 is 2.46 bits per heavy atom. The summed E-state index contributed by atoms with van der Waals surface area (Å²) >= 11 is 0. The van der Waals surface area contributed by atoms with Crippen molar-refractivity contribution < 1.29 is 13.2 Å². The number of hydrogen-bond acceptors (Lipinski definition) is 3. The normalized spacial score (nSPS) is 20.5. The minimum absolute atomic E-state index is 0.0530. The van der Waals surface area contributed by atoms with E-state index in [0.717, 1.165) is 44.9 Å². The summed E-state index contributed by atoms with van der Waals surface area (Å²) < 4.78 is 25.4. The molecule has 0 aliphatic heterocycles. The Kier molecular flexibility index (Phi) is 7.75. The van der Waals surface area contributed by atoms with Crippen molar-refractivity contribution in [1.29, 1.82) is 0 Å². The van der Waals surface area contributed by atoms with Crippen molar-refractivity contribution >= 4 is 15.9 Å². The van der Waals surface area contributed by atoms with Crippen molar-refractivity contribution in [2.75, 3.05) is 19.3 Å². The van der Waals surface area contributed by atoms with Crippen LogP contribution in [0.2, 0.25) is 0 Å². The van der Waals surface area contributed by atoms with Crippen LogP contribution in [0.1, 0.15) is 70.6 Å². The molecule has 138 valence electrons. The fourth-order valence-electron chi connectivity index (χ4n) is 3.62. The van der Waals surface area contributed by atoms with Gasteiger partial charge in [-0.1, -0.05) is 37.3 Å². The van der Waals surface area contributed by atoms with Gasteiger partial charge in [0.15, 0.2) is 0 Å². The highest BCUT2D eigenvalue weighted by atomic mass is 32.2. The van der Waals surface area contributed by atoms with Crippen LogP contribution >= 0.6 is 0 Å². The number of carbonyl (C=O) groups excluding carboxylic acids is 1. The van der Waals surface area contributed by atoms with Gasteiger partial charge in [0.2, 0.25) is 15.9 Å². The molecule has 0 spiro atoms. The van der Waals surface area contributed by atoms with Crippen LogP contribution in [-0.4, -0.2) is 44.0 Å². The SMILES string of the molecule is CS(=O)(=O)N(CCC1=CCCCC1)CC(=O)NC1CCCCCC1. The van der Waals surface area contributed by atoms with Crippen LogP contribution in [0.25, 0.3) is 0 Å².